The lowest BCUT2D eigenvalue weighted by atomic mass is 10.1. The van der Waals surface area contributed by atoms with Crippen LogP contribution in [0.1, 0.15) is 16.1 Å². The van der Waals surface area contributed by atoms with Crippen LogP contribution in [0.3, 0.4) is 0 Å². The molecule has 0 aliphatic rings. The number of nitrogens with zero attached hydrogens (tertiary/aromatic N) is 1. The van der Waals surface area contributed by atoms with Crippen LogP contribution in [0.2, 0.25) is 0 Å². The van der Waals surface area contributed by atoms with Gasteiger partial charge in [-0.25, -0.2) is 9.78 Å². The topological polar surface area (TPSA) is 77.5 Å². The fourth-order valence-corrected chi connectivity index (χ4v) is 3.42. The van der Waals surface area contributed by atoms with Gasteiger partial charge in [0.15, 0.2) is 13.2 Å². The van der Waals surface area contributed by atoms with Crippen molar-refractivity contribution >= 4 is 28.9 Å². The van der Waals surface area contributed by atoms with E-state index in [0.717, 1.165) is 27.4 Å². The Balaban J connectivity index is 1.49. The van der Waals surface area contributed by atoms with Crippen molar-refractivity contribution in [2.75, 3.05) is 18.5 Å². The van der Waals surface area contributed by atoms with Crippen molar-refractivity contribution in [3.8, 4) is 17.0 Å². The largest absolute Gasteiger partial charge is 0.481 e. The van der Waals surface area contributed by atoms with Crippen molar-refractivity contribution in [3.05, 3.63) is 64.0 Å². The number of benzene rings is 2. The maximum atomic E-state index is 12.1. The fraction of sp³-hybridized carbons (Fsp3) is 0.227. The van der Waals surface area contributed by atoms with Crippen molar-refractivity contribution in [2.45, 2.75) is 20.8 Å². The monoisotopic (exact) mass is 410 g/mol. The molecule has 0 bridgehead atoms. The van der Waals surface area contributed by atoms with E-state index in [0.29, 0.717) is 11.4 Å². The van der Waals surface area contributed by atoms with Crippen LogP contribution in [-0.2, 0) is 14.3 Å². The lowest BCUT2D eigenvalue weighted by Crippen LogP contribution is -2.23. The summed E-state index contributed by atoms with van der Waals surface area (Å²) in [5, 5.41) is 5.67. The summed E-state index contributed by atoms with van der Waals surface area (Å²) in [6, 6.07) is 13.1. The number of rotatable bonds is 7. The number of carbonyl (C=O) groups excluding carboxylic acids is 2. The van der Waals surface area contributed by atoms with Crippen LogP contribution in [0.5, 0.6) is 5.75 Å². The predicted molar refractivity (Wildman–Crippen MR) is 113 cm³/mol. The third-order valence-corrected chi connectivity index (χ3v) is 4.94. The molecule has 2 aromatic carbocycles. The Morgan fingerprint density at radius 1 is 1.03 bits per heavy atom. The highest BCUT2D eigenvalue weighted by Crippen LogP contribution is 2.24. The van der Waals surface area contributed by atoms with Crippen LogP contribution in [0.25, 0.3) is 11.3 Å². The van der Waals surface area contributed by atoms with E-state index < -0.39 is 11.9 Å². The molecule has 29 heavy (non-hydrogen) atoms. The molecule has 3 aromatic rings. The Labute approximate surface area is 173 Å². The van der Waals surface area contributed by atoms with Crippen LogP contribution in [0, 0.1) is 20.8 Å². The number of nitrogens with one attached hydrogen (secondary N) is 1. The van der Waals surface area contributed by atoms with Crippen LogP contribution >= 0.6 is 11.3 Å². The second kappa shape index (κ2) is 9.34. The summed E-state index contributed by atoms with van der Waals surface area (Å²) in [6.45, 7) is 5.12. The molecule has 1 heterocycles. The predicted octanol–water partition coefficient (Wildman–Crippen LogP) is 4.30. The Morgan fingerprint density at radius 3 is 2.45 bits per heavy atom. The molecular formula is C22H22N2O4S. The average molecular weight is 410 g/mol. The maximum absolute atomic E-state index is 12.1. The number of para-hydroxylation sites is 1. The highest BCUT2D eigenvalue weighted by Gasteiger charge is 2.11. The summed E-state index contributed by atoms with van der Waals surface area (Å²) in [7, 11) is 0. The number of amides is 1. The van der Waals surface area contributed by atoms with Gasteiger partial charge < -0.3 is 14.8 Å². The van der Waals surface area contributed by atoms with E-state index in [9.17, 15) is 9.59 Å². The molecule has 0 radical (unpaired) electrons. The van der Waals surface area contributed by atoms with Crippen molar-refractivity contribution < 1.29 is 19.1 Å². The van der Waals surface area contributed by atoms with Gasteiger partial charge in [0.2, 0.25) is 0 Å². The third kappa shape index (κ3) is 5.65. The molecule has 1 amide bonds. The Bertz CT molecular complexity index is 1010. The zero-order valence-electron chi connectivity index (χ0n) is 16.5. The number of anilines is 1. The van der Waals surface area contributed by atoms with E-state index in [2.05, 4.69) is 10.3 Å². The van der Waals surface area contributed by atoms with Crippen LogP contribution in [0.15, 0.2) is 47.8 Å². The first-order chi connectivity index (χ1) is 13.9. The summed E-state index contributed by atoms with van der Waals surface area (Å²) in [5.74, 6) is -0.366. The highest BCUT2D eigenvalue weighted by atomic mass is 32.1. The normalized spacial score (nSPS) is 10.4. The Hall–Kier alpha value is -3.19. The molecule has 0 saturated heterocycles. The number of hydrogen-bond acceptors (Lipinski definition) is 6. The summed E-state index contributed by atoms with van der Waals surface area (Å²) in [4.78, 5) is 28.5. The lowest BCUT2D eigenvalue weighted by molar-refractivity contribution is -0.149. The van der Waals surface area contributed by atoms with Crippen molar-refractivity contribution in [3.63, 3.8) is 0 Å². The molecule has 0 unspecified atom stereocenters. The van der Waals surface area contributed by atoms with Gasteiger partial charge in [0.05, 0.1) is 10.7 Å². The van der Waals surface area contributed by atoms with E-state index in [-0.39, 0.29) is 13.2 Å². The smallest absolute Gasteiger partial charge is 0.344 e. The number of hydrogen-bond donors (Lipinski definition) is 1. The lowest BCUT2D eigenvalue weighted by Gasteiger charge is -2.11. The van der Waals surface area contributed by atoms with Crippen molar-refractivity contribution in [2.24, 2.45) is 0 Å². The molecule has 1 aromatic heterocycles. The van der Waals surface area contributed by atoms with Gasteiger partial charge in [-0.1, -0.05) is 30.3 Å². The molecule has 0 fully saturated rings. The maximum Gasteiger partial charge on any atom is 0.344 e. The number of esters is 1. The number of aromatic nitrogens is 1. The molecule has 0 saturated carbocycles. The van der Waals surface area contributed by atoms with E-state index in [4.69, 9.17) is 9.47 Å². The van der Waals surface area contributed by atoms with Crippen molar-refractivity contribution in [1.82, 2.24) is 4.98 Å². The SMILES string of the molecule is Cc1nc(-c2cccc(NC(=O)COC(=O)COc3c(C)cccc3C)c2)cs1. The Kier molecular flexibility index (Phi) is 6.61. The summed E-state index contributed by atoms with van der Waals surface area (Å²) in [6.07, 6.45) is 0. The Morgan fingerprint density at radius 2 is 1.76 bits per heavy atom. The first kappa shape index (κ1) is 20.5. The van der Waals surface area contributed by atoms with Gasteiger partial charge in [0.1, 0.15) is 5.75 Å². The van der Waals surface area contributed by atoms with Gasteiger partial charge in [0, 0.05) is 16.6 Å². The molecule has 3 rings (SSSR count). The minimum absolute atomic E-state index is 0.252. The second-order valence-corrected chi connectivity index (χ2v) is 7.61. The molecule has 0 spiro atoms. The summed E-state index contributed by atoms with van der Waals surface area (Å²) in [5.41, 5.74) is 4.25. The van der Waals surface area contributed by atoms with E-state index in [1.54, 1.807) is 17.4 Å². The number of carbonyl (C=O) groups is 2. The summed E-state index contributed by atoms with van der Waals surface area (Å²) >= 11 is 1.57. The number of aryl methyl sites for hydroxylation is 3. The minimum Gasteiger partial charge on any atom is -0.481 e. The molecule has 0 atom stereocenters. The van der Waals surface area contributed by atoms with Gasteiger partial charge >= 0.3 is 5.97 Å². The molecule has 1 N–H and O–H groups in total. The van der Waals surface area contributed by atoms with Gasteiger partial charge in [-0.05, 0) is 44.0 Å². The second-order valence-electron chi connectivity index (χ2n) is 6.55. The van der Waals surface area contributed by atoms with E-state index >= 15 is 0 Å². The van der Waals surface area contributed by atoms with Crippen LogP contribution in [0.4, 0.5) is 5.69 Å². The molecule has 150 valence electrons. The third-order valence-electron chi connectivity index (χ3n) is 4.17. The van der Waals surface area contributed by atoms with E-state index in [1.807, 2.05) is 62.5 Å². The van der Waals surface area contributed by atoms with Crippen LogP contribution < -0.4 is 10.1 Å². The molecular weight excluding hydrogens is 388 g/mol. The molecule has 0 aliphatic carbocycles. The first-order valence-corrected chi connectivity index (χ1v) is 9.97. The first-order valence-electron chi connectivity index (χ1n) is 9.09. The quantitative estimate of drug-likeness (QED) is 0.588. The fourth-order valence-electron chi connectivity index (χ4n) is 2.80. The minimum atomic E-state index is -0.602. The standard InChI is InChI=1S/C22H22N2O4S/c1-14-6-4-7-15(2)22(14)28-12-21(26)27-11-20(25)24-18-9-5-8-17(10-18)19-13-29-16(3)23-19/h4-10,13H,11-12H2,1-3H3,(H,24,25). The van der Waals surface area contributed by atoms with Crippen LogP contribution in [-0.4, -0.2) is 30.1 Å². The summed E-state index contributed by atoms with van der Waals surface area (Å²) < 4.78 is 10.5. The molecule has 0 aliphatic heterocycles. The zero-order valence-corrected chi connectivity index (χ0v) is 17.3. The molecule has 6 nitrogen and oxygen atoms in total. The van der Waals surface area contributed by atoms with Gasteiger partial charge in [-0.15, -0.1) is 11.3 Å². The number of thiazole rings is 1. The highest BCUT2D eigenvalue weighted by molar-refractivity contribution is 7.09. The zero-order chi connectivity index (χ0) is 20.8. The van der Waals surface area contributed by atoms with Gasteiger partial charge in [0.25, 0.3) is 5.91 Å². The molecule has 7 heteroatoms. The van der Waals surface area contributed by atoms with Crippen molar-refractivity contribution in [1.29, 1.82) is 0 Å². The van der Waals surface area contributed by atoms with Gasteiger partial charge in [-0.2, -0.15) is 0 Å². The average Bonchev–Trinajstić information content (AvgIpc) is 3.13. The number of ether oxygens (including phenoxy) is 2. The van der Waals surface area contributed by atoms with Gasteiger partial charge in [-0.3, -0.25) is 4.79 Å². The van der Waals surface area contributed by atoms with E-state index in [1.165, 1.54) is 0 Å².